The first kappa shape index (κ1) is 16.8. The molecule has 0 aliphatic heterocycles. The number of aryl methyl sites for hydroxylation is 1. The number of hydrogen-bond acceptors (Lipinski definition) is 5. The van der Waals surface area contributed by atoms with Crippen molar-refractivity contribution < 1.29 is 0 Å². The van der Waals surface area contributed by atoms with E-state index < -0.39 is 0 Å². The van der Waals surface area contributed by atoms with Gasteiger partial charge < -0.3 is 10.2 Å². The van der Waals surface area contributed by atoms with Crippen LogP contribution in [0.15, 0.2) is 48.2 Å². The molecule has 0 aliphatic carbocycles. The molecule has 0 amide bonds. The van der Waals surface area contributed by atoms with Crippen LogP contribution in [0, 0.1) is 0 Å². The van der Waals surface area contributed by atoms with Gasteiger partial charge in [0.2, 0.25) is 0 Å². The summed E-state index contributed by atoms with van der Waals surface area (Å²) in [6.07, 6.45) is 5.69. The minimum absolute atomic E-state index is 0.381. The Balaban J connectivity index is 1.69. The third-order valence-corrected chi connectivity index (χ3v) is 4.98. The van der Waals surface area contributed by atoms with Crippen LogP contribution in [0.1, 0.15) is 16.5 Å². The Bertz CT molecular complexity index is 749. The molecule has 0 bridgehead atoms. The molecule has 3 aromatic rings. The van der Waals surface area contributed by atoms with Crippen molar-refractivity contribution in [3.63, 3.8) is 0 Å². The van der Waals surface area contributed by atoms with Crippen LogP contribution in [0.25, 0.3) is 11.3 Å². The van der Waals surface area contributed by atoms with Gasteiger partial charge in [0.1, 0.15) is 0 Å². The van der Waals surface area contributed by atoms with E-state index in [0.717, 1.165) is 24.3 Å². The molecule has 5 nitrogen and oxygen atoms in total. The average molecular weight is 341 g/mol. The fourth-order valence-corrected chi connectivity index (χ4v) is 3.70. The quantitative estimate of drug-likeness (QED) is 0.718. The second-order valence-corrected chi connectivity index (χ2v) is 7.02. The maximum absolute atomic E-state index is 4.60. The molecule has 1 atom stereocenters. The number of hydrogen-bond donors (Lipinski definition) is 1. The maximum atomic E-state index is 4.60. The van der Waals surface area contributed by atoms with E-state index in [4.69, 9.17) is 0 Å². The predicted molar refractivity (Wildman–Crippen MR) is 98.9 cm³/mol. The standard InChI is InChI=1S/C18H23N5S/c1-22(2)16(17-5-4-10-24-17)12-20-11-15-13-23(3)21-18(15)14-6-8-19-9-7-14/h4-10,13,16,20H,11-12H2,1-3H3. The number of nitrogens with zero attached hydrogens (tertiary/aromatic N) is 4. The number of aromatic nitrogens is 3. The molecule has 0 saturated heterocycles. The SMILES string of the molecule is CN(C)C(CNCc1cn(C)nc1-c1ccncc1)c1cccs1. The molecule has 0 fully saturated rings. The van der Waals surface area contributed by atoms with Crippen LogP contribution in [-0.2, 0) is 13.6 Å². The molecule has 126 valence electrons. The Kier molecular flexibility index (Phi) is 5.40. The zero-order chi connectivity index (χ0) is 16.9. The van der Waals surface area contributed by atoms with Crippen LogP contribution in [-0.4, -0.2) is 40.3 Å². The van der Waals surface area contributed by atoms with E-state index in [1.54, 1.807) is 23.7 Å². The summed E-state index contributed by atoms with van der Waals surface area (Å²) in [5.41, 5.74) is 3.32. The van der Waals surface area contributed by atoms with Crippen LogP contribution in [0.5, 0.6) is 0 Å². The summed E-state index contributed by atoms with van der Waals surface area (Å²) in [7, 11) is 6.21. The Hall–Kier alpha value is -2.02. The summed E-state index contributed by atoms with van der Waals surface area (Å²) in [6.45, 7) is 1.69. The summed E-state index contributed by atoms with van der Waals surface area (Å²) in [5.74, 6) is 0. The molecule has 24 heavy (non-hydrogen) atoms. The minimum Gasteiger partial charge on any atom is -0.311 e. The molecule has 0 saturated carbocycles. The van der Waals surface area contributed by atoms with Gasteiger partial charge in [-0.3, -0.25) is 9.67 Å². The lowest BCUT2D eigenvalue weighted by Crippen LogP contribution is -2.30. The molecule has 1 unspecified atom stereocenters. The summed E-state index contributed by atoms with van der Waals surface area (Å²) < 4.78 is 1.87. The minimum atomic E-state index is 0.381. The first-order valence-electron chi connectivity index (χ1n) is 7.98. The molecule has 3 aromatic heterocycles. The van der Waals surface area contributed by atoms with Crippen molar-refractivity contribution in [1.82, 2.24) is 25.0 Å². The zero-order valence-corrected chi connectivity index (χ0v) is 15.1. The van der Waals surface area contributed by atoms with Gasteiger partial charge in [-0.2, -0.15) is 5.10 Å². The molecule has 3 rings (SSSR count). The third-order valence-electron chi connectivity index (χ3n) is 4.01. The summed E-state index contributed by atoms with van der Waals surface area (Å²) in [5, 5.41) is 10.3. The van der Waals surface area contributed by atoms with Gasteiger partial charge in [0.25, 0.3) is 0 Å². The Labute approximate surface area is 147 Å². The topological polar surface area (TPSA) is 46.0 Å². The zero-order valence-electron chi connectivity index (χ0n) is 14.3. The van der Waals surface area contributed by atoms with E-state index in [2.05, 4.69) is 58.1 Å². The molecule has 0 aromatic carbocycles. The molecular formula is C18H23N5S. The number of rotatable bonds is 7. The normalized spacial score (nSPS) is 12.7. The van der Waals surface area contributed by atoms with Crippen LogP contribution in [0.2, 0.25) is 0 Å². The summed E-state index contributed by atoms with van der Waals surface area (Å²) >= 11 is 1.80. The van der Waals surface area contributed by atoms with Crippen molar-refractivity contribution in [3.8, 4) is 11.3 Å². The largest absolute Gasteiger partial charge is 0.311 e. The third kappa shape index (κ3) is 3.90. The van der Waals surface area contributed by atoms with Crippen LogP contribution in [0.3, 0.4) is 0 Å². The van der Waals surface area contributed by atoms with Crippen molar-refractivity contribution in [2.24, 2.45) is 7.05 Å². The second kappa shape index (κ2) is 7.70. The van der Waals surface area contributed by atoms with Crippen LogP contribution < -0.4 is 5.32 Å². The molecule has 0 radical (unpaired) electrons. The highest BCUT2D eigenvalue weighted by atomic mass is 32.1. The smallest absolute Gasteiger partial charge is 0.0969 e. The first-order valence-corrected chi connectivity index (χ1v) is 8.86. The lowest BCUT2D eigenvalue weighted by atomic mass is 10.1. The maximum Gasteiger partial charge on any atom is 0.0969 e. The lowest BCUT2D eigenvalue weighted by molar-refractivity contribution is 0.292. The second-order valence-electron chi connectivity index (χ2n) is 6.04. The average Bonchev–Trinajstić information content (AvgIpc) is 3.22. The highest BCUT2D eigenvalue weighted by molar-refractivity contribution is 7.10. The van der Waals surface area contributed by atoms with Gasteiger partial charge >= 0.3 is 0 Å². The van der Waals surface area contributed by atoms with Crippen molar-refractivity contribution in [1.29, 1.82) is 0 Å². The van der Waals surface area contributed by atoms with E-state index >= 15 is 0 Å². The molecule has 0 spiro atoms. The summed E-state index contributed by atoms with van der Waals surface area (Å²) in [4.78, 5) is 7.72. The van der Waals surface area contributed by atoms with Crippen molar-refractivity contribution in [2.75, 3.05) is 20.6 Å². The van der Waals surface area contributed by atoms with Gasteiger partial charge in [0.05, 0.1) is 11.7 Å². The van der Waals surface area contributed by atoms with Crippen molar-refractivity contribution in [3.05, 3.63) is 58.7 Å². The monoisotopic (exact) mass is 341 g/mol. The van der Waals surface area contributed by atoms with Crippen LogP contribution >= 0.6 is 11.3 Å². The van der Waals surface area contributed by atoms with Crippen LogP contribution in [0.4, 0.5) is 0 Å². The number of nitrogens with one attached hydrogen (secondary N) is 1. The molecule has 6 heteroatoms. The van der Waals surface area contributed by atoms with E-state index in [9.17, 15) is 0 Å². The lowest BCUT2D eigenvalue weighted by Gasteiger charge is -2.23. The Morgan fingerprint density at radius 1 is 1.25 bits per heavy atom. The van der Waals surface area contributed by atoms with Gasteiger partial charge in [0, 0.05) is 54.7 Å². The van der Waals surface area contributed by atoms with Gasteiger partial charge in [-0.15, -0.1) is 11.3 Å². The fourth-order valence-electron chi connectivity index (χ4n) is 2.78. The van der Waals surface area contributed by atoms with Crippen molar-refractivity contribution in [2.45, 2.75) is 12.6 Å². The predicted octanol–water partition coefficient (Wildman–Crippen LogP) is 2.94. The molecule has 0 aliphatic rings. The Morgan fingerprint density at radius 2 is 2.04 bits per heavy atom. The number of thiophene rings is 1. The first-order chi connectivity index (χ1) is 11.6. The van der Waals surface area contributed by atoms with E-state index in [1.165, 1.54) is 10.4 Å². The van der Waals surface area contributed by atoms with Gasteiger partial charge in [-0.1, -0.05) is 6.07 Å². The van der Waals surface area contributed by atoms with Crippen molar-refractivity contribution >= 4 is 11.3 Å². The summed E-state index contributed by atoms with van der Waals surface area (Å²) in [6, 6.07) is 8.69. The van der Waals surface area contributed by atoms with E-state index in [-0.39, 0.29) is 0 Å². The van der Waals surface area contributed by atoms with Gasteiger partial charge in [-0.05, 0) is 37.7 Å². The van der Waals surface area contributed by atoms with E-state index in [0.29, 0.717) is 6.04 Å². The fraction of sp³-hybridized carbons (Fsp3) is 0.333. The van der Waals surface area contributed by atoms with Gasteiger partial charge in [0.15, 0.2) is 0 Å². The number of pyridine rings is 1. The molecular weight excluding hydrogens is 318 g/mol. The highest BCUT2D eigenvalue weighted by Crippen LogP contribution is 2.24. The highest BCUT2D eigenvalue weighted by Gasteiger charge is 2.16. The van der Waals surface area contributed by atoms with Gasteiger partial charge in [-0.25, -0.2) is 0 Å². The van der Waals surface area contributed by atoms with E-state index in [1.807, 2.05) is 23.9 Å². The molecule has 3 heterocycles. The number of likely N-dealkylation sites (N-methyl/N-ethyl adjacent to an activating group) is 1. The Morgan fingerprint density at radius 3 is 2.71 bits per heavy atom. The molecule has 1 N–H and O–H groups in total.